The minimum atomic E-state index is -0.109. The highest BCUT2D eigenvalue weighted by Gasteiger charge is 2.10. The van der Waals surface area contributed by atoms with E-state index in [1.807, 2.05) is 0 Å². The first-order chi connectivity index (χ1) is 11.0. The van der Waals surface area contributed by atoms with Crippen molar-refractivity contribution in [3.8, 4) is 0 Å². The van der Waals surface area contributed by atoms with Gasteiger partial charge in [0.1, 0.15) is 5.82 Å². The van der Waals surface area contributed by atoms with Crippen LogP contribution in [0.15, 0.2) is 11.4 Å². The van der Waals surface area contributed by atoms with Crippen LogP contribution in [0.25, 0.3) is 0 Å². The maximum absolute atomic E-state index is 11.5. The Morgan fingerprint density at radius 2 is 2.00 bits per heavy atom. The molecule has 0 bridgehead atoms. The Bertz CT molecular complexity index is 670. The summed E-state index contributed by atoms with van der Waals surface area (Å²) in [6.45, 7) is 7.83. The molecule has 2 heterocycles. The van der Waals surface area contributed by atoms with E-state index in [0.29, 0.717) is 24.1 Å². The number of carbonyl (C=O) groups excluding carboxylic acids is 1. The SMILES string of the molecule is CCC(=O)Nc1nc(C)nc(NC(C)CCc2ccsc2C)n1. The molecule has 0 saturated carbocycles. The number of aryl methyl sites for hydroxylation is 3. The highest BCUT2D eigenvalue weighted by molar-refractivity contribution is 7.10. The molecular formula is C16H23N5OS. The molecule has 0 fully saturated rings. The summed E-state index contributed by atoms with van der Waals surface area (Å²) in [5.41, 5.74) is 1.39. The van der Waals surface area contributed by atoms with Crippen LogP contribution in [0.1, 0.15) is 43.0 Å². The Balaban J connectivity index is 1.95. The second kappa shape index (κ2) is 8.01. The second-order valence-corrected chi connectivity index (χ2v) is 6.64. The van der Waals surface area contributed by atoms with Crippen LogP contribution in [0.2, 0.25) is 0 Å². The number of nitrogens with one attached hydrogen (secondary N) is 2. The lowest BCUT2D eigenvalue weighted by Crippen LogP contribution is -2.20. The molecule has 1 atom stereocenters. The van der Waals surface area contributed by atoms with Crippen LogP contribution >= 0.6 is 11.3 Å². The molecule has 2 aromatic heterocycles. The van der Waals surface area contributed by atoms with Crippen LogP contribution in [0, 0.1) is 13.8 Å². The Morgan fingerprint density at radius 3 is 2.65 bits per heavy atom. The average molecular weight is 333 g/mol. The number of thiophene rings is 1. The van der Waals surface area contributed by atoms with Crippen LogP contribution in [0.3, 0.4) is 0 Å². The average Bonchev–Trinajstić information content (AvgIpc) is 2.89. The number of hydrogen-bond acceptors (Lipinski definition) is 6. The Morgan fingerprint density at radius 1 is 1.26 bits per heavy atom. The number of rotatable bonds is 7. The zero-order valence-electron chi connectivity index (χ0n) is 14.0. The van der Waals surface area contributed by atoms with Gasteiger partial charge in [-0.05, 0) is 50.6 Å². The smallest absolute Gasteiger partial charge is 0.234 e. The monoisotopic (exact) mass is 333 g/mol. The molecule has 2 N–H and O–H groups in total. The number of nitrogens with zero attached hydrogens (tertiary/aromatic N) is 3. The van der Waals surface area contributed by atoms with Gasteiger partial charge in [0.15, 0.2) is 0 Å². The quantitative estimate of drug-likeness (QED) is 0.812. The fourth-order valence-corrected chi connectivity index (χ4v) is 2.91. The van der Waals surface area contributed by atoms with Crippen LogP contribution in [-0.4, -0.2) is 26.9 Å². The molecule has 124 valence electrons. The zero-order chi connectivity index (χ0) is 16.8. The minimum Gasteiger partial charge on any atom is -0.352 e. The number of aromatic nitrogens is 3. The molecular weight excluding hydrogens is 310 g/mol. The molecule has 0 radical (unpaired) electrons. The lowest BCUT2D eigenvalue weighted by molar-refractivity contribution is -0.115. The number of anilines is 2. The van der Waals surface area contributed by atoms with Gasteiger partial charge in [-0.2, -0.15) is 15.0 Å². The van der Waals surface area contributed by atoms with E-state index >= 15 is 0 Å². The van der Waals surface area contributed by atoms with Gasteiger partial charge >= 0.3 is 0 Å². The minimum absolute atomic E-state index is 0.109. The van der Waals surface area contributed by atoms with Crippen molar-refractivity contribution in [1.29, 1.82) is 0 Å². The molecule has 1 unspecified atom stereocenters. The molecule has 2 aromatic rings. The summed E-state index contributed by atoms with van der Waals surface area (Å²) >= 11 is 1.78. The topological polar surface area (TPSA) is 79.8 Å². The molecule has 0 aliphatic rings. The molecule has 6 nitrogen and oxygen atoms in total. The highest BCUT2D eigenvalue weighted by Crippen LogP contribution is 2.18. The van der Waals surface area contributed by atoms with Crippen LogP contribution in [0.4, 0.5) is 11.9 Å². The summed E-state index contributed by atoms with van der Waals surface area (Å²) in [7, 11) is 0. The summed E-state index contributed by atoms with van der Waals surface area (Å²) in [5.74, 6) is 1.27. The molecule has 1 amide bonds. The molecule has 2 rings (SSSR count). The van der Waals surface area contributed by atoms with Gasteiger partial charge in [-0.15, -0.1) is 11.3 Å². The zero-order valence-corrected chi connectivity index (χ0v) is 14.8. The van der Waals surface area contributed by atoms with Gasteiger partial charge in [-0.3, -0.25) is 10.1 Å². The molecule has 7 heteroatoms. The third-order valence-corrected chi connectivity index (χ3v) is 4.40. The maximum Gasteiger partial charge on any atom is 0.234 e. The van der Waals surface area contributed by atoms with Gasteiger partial charge in [-0.25, -0.2) is 0 Å². The van der Waals surface area contributed by atoms with E-state index < -0.39 is 0 Å². The second-order valence-electron chi connectivity index (χ2n) is 5.52. The van der Waals surface area contributed by atoms with Crippen molar-refractivity contribution in [2.45, 2.75) is 53.0 Å². The van der Waals surface area contributed by atoms with Gasteiger partial charge in [0.2, 0.25) is 17.8 Å². The third-order valence-electron chi connectivity index (χ3n) is 3.51. The predicted octanol–water partition coefficient (Wildman–Crippen LogP) is 3.33. The normalized spacial score (nSPS) is 12.0. The summed E-state index contributed by atoms with van der Waals surface area (Å²) in [6.07, 6.45) is 2.40. The largest absolute Gasteiger partial charge is 0.352 e. The third kappa shape index (κ3) is 5.28. The molecule has 0 aromatic carbocycles. The van der Waals surface area contributed by atoms with E-state index in [0.717, 1.165) is 12.8 Å². The maximum atomic E-state index is 11.5. The van der Waals surface area contributed by atoms with Crippen LogP contribution in [-0.2, 0) is 11.2 Å². The van der Waals surface area contributed by atoms with E-state index in [1.165, 1.54) is 10.4 Å². The van der Waals surface area contributed by atoms with Crippen molar-refractivity contribution >= 4 is 29.1 Å². The summed E-state index contributed by atoms with van der Waals surface area (Å²) in [4.78, 5) is 25.5. The van der Waals surface area contributed by atoms with Crippen molar-refractivity contribution < 1.29 is 4.79 Å². The van der Waals surface area contributed by atoms with Gasteiger partial charge in [0, 0.05) is 17.3 Å². The first-order valence-corrected chi connectivity index (χ1v) is 8.68. The highest BCUT2D eigenvalue weighted by atomic mass is 32.1. The Labute approximate surface area is 140 Å². The lowest BCUT2D eigenvalue weighted by atomic mass is 10.1. The van der Waals surface area contributed by atoms with Gasteiger partial charge < -0.3 is 5.32 Å². The van der Waals surface area contributed by atoms with Crippen LogP contribution in [0.5, 0.6) is 0 Å². The van der Waals surface area contributed by atoms with E-state index in [4.69, 9.17) is 0 Å². The van der Waals surface area contributed by atoms with E-state index in [9.17, 15) is 4.79 Å². The van der Waals surface area contributed by atoms with E-state index in [-0.39, 0.29) is 11.9 Å². The number of hydrogen-bond donors (Lipinski definition) is 2. The van der Waals surface area contributed by atoms with Gasteiger partial charge in [0.25, 0.3) is 0 Å². The van der Waals surface area contributed by atoms with Crippen molar-refractivity contribution in [2.24, 2.45) is 0 Å². The Hall–Kier alpha value is -2.02. The lowest BCUT2D eigenvalue weighted by Gasteiger charge is -2.14. The number of carbonyl (C=O) groups is 1. The van der Waals surface area contributed by atoms with Crippen molar-refractivity contribution in [3.63, 3.8) is 0 Å². The molecule has 23 heavy (non-hydrogen) atoms. The van der Waals surface area contributed by atoms with Gasteiger partial charge in [-0.1, -0.05) is 6.92 Å². The van der Waals surface area contributed by atoms with Gasteiger partial charge in [0.05, 0.1) is 0 Å². The van der Waals surface area contributed by atoms with Crippen molar-refractivity contribution in [1.82, 2.24) is 15.0 Å². The summed E-state index contributed by atoms with van der Waals surface area (Å²) in [5, 5.41) is 8.08. The first kappa shape index (κ1) is 17.3. The fraction of sp³-hybridized carbons (Fsp3) is 0.500. The summed E-state index contributed by atoms with van der Waals surface area (Å²) in [6, 6.07) is 2.41. The Kier molecular flexibility index (Phi) is 6.04. The summed E-state index contributed by atoms with van der Waals surface area (Å²) < 4.78 is 0. The van der Waals surface area contributed by atoms with E-state index in [2.05, 4.69) is 50.9 Å². The first-order valence-electron chi connectivity index (χ1n) is 7.80. The van der Waals surface area contributed by atoms with Crippen molar-refractivity contribution in [2.75, 3.05) is 10.6 Å². The predicted molar refractivity (Wildman–Crippen MR) is 93.9 cm³/mol. The molecule has 0 saturated heterocycles. The standard InChI is InChI=1S/C16H23N5OS/c1-5-14(22)20-16-19-12(4)18-15(21-16)17-10(2)6-7-13-8-9-23-11(13)3/h8-10H,5-7H2,1-4H3,(H2,17,18,19,20,21,22). The number of amides is 1. The molecule has 0 aliphatic heterocycles. The molecule has 0 spiro atoms. The van der Waals surface area contributed by atoms with Crippen molar-refractivity contribution in [3.05, 3.63) is 27.7 Å². The van der Waals surface area contributed by atoms with Crippen LogP contribution < -0.4 is 10.6 Å². The van der Waals surface area contributed by atoms with E-state index in [1.54, 1.807) is 25.2 Å². The fourth-order valence-electron chi connectivity index (χ4n) is 2.15. The molecule has 0 aliphatic carbocycles.